The lowest BCUT2D eigenvalue weighted by Gasteiger charge is -2.28. The van der Waals surface area contributed by atoms with Crippen LogP contribution in [-0.2, 0) is 21.9 Å². The average molecular weight is 319 g/mol. The third kappa shape index (κ3) is 3.03. The van der Waals surface area contributed by atoms with Crippen LogP contribution in [0.2, 0.25) is 0 Å². The molecule has 0 spiro atoms. The van der Waals surface area contributed by atoms with Crippen molar-refractivity contribution < 1.29 is 8.42 Å². The predicted octanol–water partition coefficient (Wildman–Crippen LogP) is 3.69. The lowest BCUT2D eigenvalue weighted by atomic mass is 9.87. The Labute approximate surface area is 125 Å². The van der Waals surface area contributed by atoms with Gasteiger partial charge < -0.3 is 0 Å². The second kappa shape index (κ2) is 6.06. The van der Waals surface area contributed by atoms with Crippen LogP contribution in [0.3, 0.4) is 0 Å². The zero-order valence-electron chi connectivity index (χ0n) is 12.4. The summed E-state index contributed by atoms with van der Waals surface area (Å²) in [5.74, 6) is 0.670. The summed E-state index contributed by atoms with van der Waals surface area (Å²) < 4.78 is 25.7. The van der Waals surface area contributed by atoms with Crippen LogP contribution in [0.1, 0.15) is 63.9 Å². The van der Waals surface area contributed by atoms with Gasteiger partial charge in [0.25, 0.3) is 9.05 Å². The van der Waals surface area contributed by atoms with Crippen LogP contribution in [0, 0.1) is 5.92 Å². The van der Waals surface area contributed by atoms with E-state index in [9.17, 15) is 8.42 Å². The minimum Gasteiger partial charge on any atom is -0.265 e. The summed E-state index contributed by atoms with van der Waals surface area (Å²) in [5.41, 5.74) is 1.38. The third-order valence-corrected chi connectivity index (χ3v) is 5.62. The zero-order chi connectivity index (χ0) is 14.9. The van der Waals surface area contributed by atoms with Gasteiger partial charge in [0.2, 0.25) is 0 Å². The minimum atomic E-state index is -3.73. The van der Waals surface area contributed by atoms with E-state index in [1.807, 2.05) is 18.5 Å². The minimum absolute atomic E-state index is 0.252. The molecule has 0 bridgehead atoms. The molecule has 114 valence electrons. The molecule has 1 saturated carbocycles. The highest BCUT2D eigenvalue weighted by atomic mass is 35.7. The van der Waals surface area contributed by atoms with Crippen LogP contribution in [-0.4, -0.2) is 18.2 Å². The van der Waals surface area contributed by atoms with Gasteiger partial charge in [-0.1, -0.05) is 33.6 Å². The van der Waals surface area contributed by atoms with Crippen molar-refractivity contribution in [3.63, 3.8) is 0 Å². The molecule has 0 saturated heterocycles. The summed E-state index contributed by atoms with van der Waals surface area (Å²) in [6, 6.07) is 0.311. The SMILES string of the molecule is CCc1nn(C2CCCC(C)C2)c(CC)c1S(=O)(=O)Cl. The van der Waals surface area contributed by atoms with Gasteiger partial charge in [-0.25, -0.2) is 8.42 Å². The Bertz CT molecular complexity index is 580. The first kappa shape index (κ1) is 15.8. The van der Waals surface area contributed by atoms with Crippen LogP contribution in [0.15, 0.2) is 4.90 Å². The number of rotatable bonds is 4. The van der Waals surface area contributed by atoms with Gasteiger partial charge in [-0.05, 0) is 31.6 Å². The summed E-state index contributed by atoms with van der Waals surface area (Å²) in [5, 5.41) is 4.58. The highest BCUT2D eigenvalue weighted by Crippen LogP contribution is 2.35. The van der Waals surface area contributed by atoms with Gasteiger partial charge in [0.1, 0.15) is 4.90 Å². The molecule has 0 N–H and O–H groups in total. The van der Waals surface area contributed by atoms with Crippen molar-refractivity contribution >= 4 is 19.7 Å². The van der Waals surface area contributed by atoms with Crippen LogP contribution < -0.4 is 0 Å². The molecule has 1 aromatic heterocycles. The normalized spacial score (nSPS) is 24.0. The summed E-state index contributed by atoms with van der Waals surface area (Å²) in [6.45, 7) is 6.13. The molecule has 0 amide bonds. The zero-order valence-corrected chi connectivity index (χ0v) is 14.0. The van der Waals surface area contributed by atoms with Gasteiger partial charge in [-0.15, -0.1) is 0 Å². The molecule has 0 aliphatic heterocycles. The van der Waals surface area contributed by atoms with Gasteiger partial charge in [0.15, 0.2) is 0 Å². The van der Waals surface area contributed by atoms with Gasteiger partial charge in [-0.3, -0.25) is 4.68 Å². The Morgan fingerprint density at radius 2 is 2.00 bits per heavy atom. The maximum Gasteiger partial charge on any atom is 0.264 e. The molecule has 1 aliphatic carbocycles. The molecule has 2 unspecified atom stereocenters. The Hall–Kier alpha value is -0.550. The van der Waals surface area contributed by atoms with Crippen molar-refractivity contribution in [2.45, 2.75) is 70.2 Å². The predicted molar refractivity (Wildman–Crippen MR) is 80.7 cm³/mol. The molecule has 6 heteroatoms. The summed E-state index contributed by atoms with van der Waals surface area (Å²) >= 11 is 0. The van der Waals surface area contributed by atoms with E-state index in [1.165, 1.54) is 12.8 Å². The first-order valence-corrected chi connectivity index (χ1v) is 9.74. The van der Waals surface area contributed by atoms with E-state index in [4.69, 9.17) is 10.7 Å². The fourth-order valence-electron chi connectivity index (χ4n) is 3.27. The molecule has 4 nitrogen and oxygen atoms in total. The number of aromatic nitrogens is 2. The van der Waals surface area contributed by atoms with Gasteiger partial charge in [0, 0.05) is 10.7 Å². The molecule has 1 heterocycles. The first-order chi connectivity index (χ1) is 9.38. The van der Waals surface area contributed by atoms with Crippen molar-refractivity contribution in [2.24, 2.45) is 5.92 Å². The number of hydrogen-bond donors (Lipinski definition) is 0. The quantitative estimate of drug-likeness (QED) is 0.796. The molecular formula is C14H23ClN2O2S. The molecule has 0 aromatic carbocycles. The Kier molecular flexibility index (Phi) is 4.80. The summed E-state index contributed by atoms with van der Waals surface area (Å²) in [4.78, 5) is 0.252. The molecular weight excluding hydrogens is 296 g/mol. The third-order valence-electron chi connectivity index (χ3n) is 4.20. The van der Waals surface area contributed by atoms with Crippen LogP contribution in [0.25, 0.3) is 0 Å². The standard InChI is InChI=1S/C14H23ClN2O2S/c1-4-12-14(20(15,18)19)13(5-2)17(16-12)11-8-6-7-10(3)9-11/h10-11H,4-9H2,1-3H3. The first-order valence-electron chi connectivity index (χ1n) is 7.43. The van der Waals surface area contributed by atoms with E-state index < -0.39 is 9.05 Å². The fraction of sp³-hybridized carbons (Fsp3) is 0.786. The maximum absolute atomic E-state index is 11.9. The Balaban J connectivity index is 2.51. The van der Waals surface area contributed by atoms with Crippen LogP contribution in [0.5, 0.6) is 0 Å². The molecule has 1 fully saturated rings. The largest absolute Gasteiger partial charge is 0.265 e. The van der Waals surface area contributed by atoms with Crippen molar-refractivity contribution in [2.75, 3.05) is 0 Å². The van der Waals surface area contributed by atoms with Gasteiger partial charge in [0.05, 0.1) is 17.4 Å². The molecule has 0 radical (unpaired) electrons. The highest BCUT2D eigenvalue weighted by molar-refractivity contribution is 8.13. The monoisotopic (exact) mass is 318 g/mol. The summed E-state index contributed by atoms with van der Waals surface area (Å²) in [6.07, 6.45) is 5.80. The van der Waals surface area contributed by atoms with Crippen molar-refractivity contribution in [3.05, 3.63) is 11.4 Å². The number of aryl methyl sites for hydroxylation is 1. The molecule has 20 heavy (non-hydrogen) atoms. The van der Waals surface area contributed by atoms with Crippen LogP contribution in [0.4, 0.5) is 0 Å². The van der Waals surface area contributed by atoms with E-state index in [-0.39, 0.29) is 4.90 Å². The fourth-order valence-corrected chi connectivity index (χ4v) is 4.79. The van der Waals surface area contributed by atoms with Crippen molar-refractivity contribution in [1.82, 2.24) is 9.78 Å². The van der Waals surface area contributed by atoms with Gasteiger partial charge in [-0.2, -0.15) is 5.10 Å². The number of hydrogen-bond acceptors (Lipinski definition) is 3. The molecule has 1 aliphatic rings. The number of halogens is 1. The topological polar surface area (TPSA) is 52.0 Å². The second-order valence-electron chi connectivity index (χ2n) is 5.74. The summed E-state index contributed by atoms with van der Waals surface area (Å²) in [7, 11) is 1.90. The van der Waals surface area contributed by atoms with Gasteiger partial charge >= 0.3 is 0 Å². The van der Waals surface area contributed by atoms with Crippen molar-refractivity contribution in [1.29, 1.82) is 0 Å². The average Bonchev–Trinajstić information content (AvgIpc) is 2.77. The van der Waals surface area contributed by atoms with E-state index in [0.717, 1.165) is 18.5 Å². The smallest absolute Gasteiger partial charge is 0.264 e. The van der Waals surface area contributed by atoms with E-state index in [2.05, 4.69) is 12.0 Å². The Morgan fingerprint density at radius 3 is 2.50 bits per heavy atom. The molecule has 1 aromatic rings. The van der Waals surface area contributed by atoms with E-state index >= 15 is 0 Å². The van der Waals surface area contributed by atoms with E-state index in [0.29, 0.717) is 30.5 Å². The lowest BCUT2D eigenvalue weighted by molar-refractivity contribution is 0.261. The lowest BCUT2D eigenvalue weighted by Crippen LogP contribution is -2.20. The second-order valence-corrected chi connectivity index (χ2v) is 8.24. The van der Waals surface area contributed by atoms with E-state index in [1.54, 1.807) is 0 Å². The van der Waals surface area contributed by atoms with Crippen LogP contribution >= 0.6 is 10.7 Å². The highest BCUT2D eigenvalue weighted by Gasteiger charge is 2.30. The molecule has 2 atom stereocenters. The number of nitrogens with zero attached hydrogens (tertiary/aromatic N) is 2. The Morgan fingerprint density at radius 1 is 1.30 bits per heavy atom. The van der Waals surface area contributed by atoms with Crippen molar-refractivity contribution in [3.8, 4) is 0 Å². The maximum atomic E-state index is 11.9. The molecule has 2 rings (SSSR count).